The SMILES string of the molecule is Cc1cc(C)c(C)c(S(=O)(=O)NCC2CCN(c3nc4ccccc4o3)CC2)c1C. The second-order valence-corrected chi connectivity index (χ2v) is 10.0. The number of sulfonamides is 1. The van der Waals surface area contributed by atoms with Crippen LogP contribution in [0.5, 0.6) is 0 Å². The lowest BCUT2D eigenvalue weighted by Gasteiger charge is -2.31. The highest BCUT2D eigenvalue weighted by Gasteiger charge is 2.26. The first-order chi connectivity index (χ1) is 14.3. The van der Waals surface area contributed by atoms with E-state index in [-0.39, 0.29) is 0 Å². The molecule has 1 aliphatic rings. The molecule has 1 fully saturated rings. The topological polar surface area (TPSA) is 75.4 Å². The lowest BCUT2D eigenvalue weighted by molar-refractivity contribution is 0.387. The summed E-state index contributed by atoms with van der Waals surface area (Å²) in [6.07, 6.45) is 1.79. The minimum atomic E-state index is -3.54. The quantitative estimate of drug-likeness (QED) is 0.659. The fraction of sp³-hybridized carbons (Fsp3) is 0.435. The normalized spacial score (nSPS) is 15.8. The predicted octanol–water partition coefficient (Wildman–Crippen LogP) is 4.26. The van der Waals surface area contributed by atoms with Crippen molar-refractivity contribution in [2.45, 2.75) is 45.4 Å². The number of aromatic nitrogens is 1. The Bertz CT molecular complexity index is 1120. The Labute approximate surface area is 178 Å². The molecule has 0 unspecified atom stereocenters. The van der Waals surface area contributed by atoms with Crippen molar-refractivity contribution in [3.8, 4) is 0 Å². The second-order valence-electron chi connectivity index (χ2n) is 8.34. The Hall–Kier alpha value is -2.38. The zero-order valence-corrected chi connectivity index (χ0v) is 18.8. The van der Waals surface area contributed by atoms with Crippen LogP contribution in [0.2, 0.25) is 0 Å². The first-order valence-electron chi connectivity index (χ1n) is 10.4. The summed E-state index contributed by atoms with van der Waals surface area (Å²) in [7, 11) is -3.54. The molecule has 1 aliphatic heterocycles. The number of oxazole rings is 1. The zero-order valence-electron chi connectivity index (χ0n) is 18.0. The van der Waals surface area contributed by atoms with Crippen LogP contribution in [-0.2, 0) is 10.0 Å². The number of para-hydroxylation sites is 2. The van der Waals surface area contributed by atoms with Gasteiger partial charge in [-0.1, -0.05) is 18.2 Å². The number of hydrogen-bond acceptors (Lipinski definition) is 5. The van der Waals surface area contributed by atoms with Gasteiger partial charge >= 0.3 is 0 Å². The van der Waals surface area contributed by atoms with Crippen molar-refractivity contribution in [2.24, 2.45) is 5.92 Å². The molecular weight excluding hydrogens is 398 g/mol. The summed E-state index contributed by atoms with van der Waals surface area (Å²) in [5.41, 5.74) is 5.33. The van der Waals surface area contributed by atoms with E-state index in [1.54, 1.807) is 0 Å². The van der Waals surface area contributed by atoms with Gasteiger partial charge in [-0.2, -0.15) is 4.98 Å². The van der Waals surface area contributed by atoms with E-state index in [1.165, 1.54) is 0 Å². The molecule has 160 valence electrons. The molecule has 0 bridgehead atoms. The lowest BCUT2D eigenvalue weighted by atomic mass is 9.97. The van der Waals surface area contributed by atoms with Crippen molar-refractivity contribution in [3.05, 3.63) is 52.6 Å². The van der Waals surface area contributed by atoms with Crippen LogP contribution in [-0.4, -0.2) is 33.0 Å². The first-order valence-corrected chi connectivity index (χ1v) is 11.9. The number of aryl methyl sites for hydroxylation is 2. The molecule has 1 aromatic heterocycles. The van der Waals surface area contributed by atoms with E-state index in [1.807, 2.05) is 58.0 Å². The van der Waals surface area contributed by atoms with Crippen LogP contribution >= 0.6 is 0 Å². The number of rotatable bonds is 5. The largest absolute Gasteiger partial charge is 0.423 e. The van der Waals surface area contributed by atoms with E-state index < -0.39 is 10.0 Å². The van der Waals surface area contributed by atoms with Crippen molar-refractivity contribution in [2.75, 3.05) is 24.5 Å². The number of hydrogen-bond donors (Lipinski definition) is 1. The third-order valence-electron chi connectivity index (χ3n) is 6.30. The smallest absolute Gasteiger partial charge is 0.298 e. The number of nitrogens with zero attached hydrogens (tertiary/aromatic N) is 2. The predicted molar refractivity (Wildman–Crippen MR) is 120 cm³/mol. The minimum absolute atomic E-state index is 0.298. The van der Waals surface area contributed by atoms with Crippen molar-refractivity contribution < 1.29 is 12.8 Å². The summed E-state index contributed by atoms with van der Waals surface area (Å²) < 4.78 is 34.9. The van der Waals surface area contributed by atoms with Crippen LogP contribution < -0.4 is 9.62 Å². The number of anilines is 1. The molecule has 7 heteroatoms. The van der Waals surface area contributed by atoms with Crippen LogP contribution in [0, 0.1) is 33.6 Å². The third-order valence-corrected chi connectivity index (χ3v) is 7.99. The molecular formula is C23H29N3O3S. The van der Waals surface area contributed by atoms with Crippen LogP contribution in [0.4, 0.5) is 6.01 Å². The standard InChI is InChI=1S/C23H29N3O3S/c1-15-13-16(2)18(4)22(17(15)3)30(27,28)24-14-19-9-11-26(12-10-19)23-25-20-7-5-6-8-21(20)29-23/h5-8,13,19,24H,9-12,14H2,1-4H3. The highest BCUT2D eigenvalue weighted by atomic mass is 32.2. The summed E-state index contributed by atoms with van der Waals surface area (Å²) in [5, 5.41) is 0. The van der Waals surface area contributed by atoms with Crippen molar-refractivity contribution in [1.29, 1.82) is 0 Å². The molecule has 0 spiro atoms. The van der Waals surface area contributed by atoms with Gasteiger partial charge in [0.1, 0.15) is 5.52 Å². The van der Waals surface area contributed by atoms with E-state index in [4.69, 9.17) is 4.42 Å². The van der Waals surface area contributed by atoms with Crippen LogP contribution in [0.3, 0.4) is 0 Å². The molecule has 1 N–H and O–H groups in total. The summed E-state index contributed by atoms with van der Waals surface area (Å²) in [6, 6.07) is 10.5. The van der Waals surface area contributed by atoms with Crippen molar-refractivity contribution in [3.63, 3.8) is 0 Å². The van der Waals surface area contributed by atoms with Gasteiger partial charge in [-0.05, 0) is 80.8 Å². The number of nitrogens with one attached hydrogen (secondary N) is 1. The summed E-state index contributed by atoms with van der Waals surface area (Å²) in [6.45, 7) is 9.76. The monoisotopic (exact) mass is 427 g/mol. The Balaban J connectivity index is 1.40. The number of fused-ring (bicyclic) bond motifs is 1. The lowest BCUT2D eigenvalue weighted by Crippen LogP contribution is -2.39. The zero-order chi connectivity index (χ0) is 21.5. The molecule has 6 nitrogen and oxygen atoms in total. The number of piperidine rings is 1. The van der Waals surface area contributed by atoms with Crippen molar-refractivity contribution >= 4 is 27.1 Å². The molecule has 3 aromatic rings. The van der Waals surface area contributed by atoms with E-state index in [2.05, 4.69) is 14.6 Å². The average Bonchev–Trinajstić information content (AvgIpc) is 3.15. The van der Waals surface area contributed by atoms with E-state index in [9.17, 15) is 8.42 Å². The van der Waals surface area contributed by atoms with Gasteiger partial charge < -0.3 is 9.32 Å². The average molecular weight is 428 g/mol. The molecule has 0 aliphatic carbocycles. The molecule has 2 heterocycles. The summed E-state index contributed by atoms with van der Waals surface area (Å²) >= 11 is 0. The minimum Gasteiger partial charge on any atom is -0.423 e. The summed E-state index contributed by atoms with van der Waals surface area (Å²) in [5.74, 6) is 0.298. The van der Waals surface area contributed by atoms with Crippen LogP contribution in [0.1, 0.15) is 35.1 Å². The highest BCUT2D eigenvalue weighted by Crippen LogP contribution is 2.28. The maximum absolute atomic E-state index is 13.1. The van der Waals surface area contributed by atoms with Gasteiger partial charge in [-0.25, -0.2) is 13.1 Å². The molecule has 0 radical (unpaired) electrons. The van der Waals surface area contributed by atoms with Gasteiger partial charge in [0.15, 0.2) is 5.58 Å². The Morgan fingerprint density at radius 3 is 2.33 bits per heavy atom. The maximum Gasteiger partial charge on any atom is 0.298 e. The van der Waals surface area contributed by atoms with E-state index in [0.29, 0.717) is 23.4 Å². The van der Waals surface area contributed by atoms with Gasteiger partial charge in [0.2, 0.25) is 10.0 Å². The molecule has 1 saturated heterocycles. The van der Waals surface area contributed by atoms with Gasteiger partial charge in [0, 0.05) is 19.6 Å². The van der Waals surface area contributed by atoms with Crippen LogP contribution in [0.15, 0.2) is 39.6 Å². The van der Waals surface area contributed by atoms with Gasteiger partial charge in [0.25, 0.3) is 6.01 Å². The summed E-state index contributed by atoms with van der Waals surface area (Å²) in [4.78, 5) is 7.15. The van der Waals surface area contributed by atoms with Gasteiger partial charge in [-0.3, -0.25) is 0 Å². The molecule has 4 rings (SSSR count). The molecule has 30 heavy (non-hydrogen) atoms. The Morgan fingerprint density at radius 1 is 1.07 bits per heavy atom. The first kappa shape index (κ1) is 20.9. The molecule has 0 saturated carbocycles. The van der Waals surface area contributed by atoms with Gasteiger partial charge in [-0.15, -0.1) is 0 Å². The fourth-order valence-electron chi connectivity index (χ4n) is 4.21. The highest BCUT2D eigenvalue weighted by molar-refractivity contribution is 7.89. The number of benzene rings is 2. The fourth-order valence-corrected chi connectivity index (χ4v) is 5.93. The molecule has 2 aromatic carbocycles. The molecule has 0 amide bonds. The van der Waals surface area contributed by atoms with E-state index >= 15 is 0 Å². The van der Waals surface area contributed by atoms with E-state index in [0.717, 1.165) is 59.3 Å². The van der Waals surface area contributed by atoms with Gasteiger partial charge in [0.05, 0.1) is 4.90 Å². The Kier molecular flexibility index (Phi) is 5.59. The Morgan fingerprint density at radius 2 is 1.70 bits per heavy atom. The van der Waals surface area contributed by atoms with Crippen LogP contribution in [0.25, 0.3) is 11.1 Å². The third kappa shape index (κ3) is 3.96. The molecule has 0 atom stereocenters. The second kappa shape index (κ2) is 8.04. The van der Waals surface area contributed by atoms with Crippen molar-refractivity contribution in [1.82, 2.24) is 9.71 Å². The maximum atomic E-state index is 13.1.